The van der Waals surface area contributed by atoms with Crippen molar-refractivity contribution in [3.8, 4) is 5.75 Å². The number of nitrogens with zero attached hydrogens (tertiary/aromatic N) is 1. The summed E-state index contributed by atoms with van der Waals surface area (Å²) in [5.74, 6) is -0.661. The van der Waals surface area contributed by atoms with Gasteiger partial charge in [0.2, 0.25) is 0 Å². The standard InChI is InChI=1S/C23H20N2O4/c1-16-6-5-9-19(14-16)23(28)29-20-12-10-17(11-13-20)15-24-25-22(27)21(26)18-7-3-2-4-8-18/h2-15,21,26H,1H3,(H,25,27)/b24-15-/t21-/m0/s1. The first-order valence-electron chi connectivity index (χ1n) is 8.98. The molecule has 0 aliphatic carbocycles. The van der Waals surface area contributed by atoms with Crippen molar-refractivity contribution in [2.75, 3.05) is 0 Å². The van der Waals surface area contributed by atoms with Crippen molar-refractivity contribution in [2.45, 2.75) is 13.0 Å². The summed E-state index contributed by atoms with van der Waals surface area (Å²) >= 11 is 0. The smallest absolute Gasteiger partial charge is 0.343 e. The van der Waals surface area contributed by atoms with Crippen LogP contribution in [0.15, 0.2) is 84.0 Å². The summed E-state index contributed by atoms with van der Waals surface area (Å²) in [6.07, 6.45) is 0.138. The molecule has 0 radical (unpaired) electrons. The Kier molecular flexibility index (Phi) is 6.50. The molecule has 0 spiro atoms. The number of aliphatic hydroxyl groups is 1. The highest BCUT2D eigenvalue weighted by atomic mass is 16.5. The maximum atomic E-state index is 12.2. The van der Waals surface area contributed by atoms with Gasteiger partial charge in [0.15, 0.2) is 6.10 Å². The Bertz CT molecular complexity index is 1010. The van der Waals surface area contributed by atoms with Gasteiger partial charge < -0.3 is 9.84 Å². The number of ether oxygens (including phenoxy) is 1. The second-order valence-electron chi connectivity index (χ2n) is 6.38. The van der Waals surface area contributed by atoms with Gasteiger partial charge in [-0.1, -0.05) is 48.0 Å². The van der Waals surface area contributed by atoms with Crippen molar-refractivity contribution >= 4 is 18.1 Å². The number of hydrogen-bond donors (Lipinski definition) is 2. The first-order chi connectivity index (χ1) is 14.0. The highest BCUT2D eigenvalue weighted by Gasteiger charge is 2.15. The molecule has 0 bridgehead atoms. The monoisotopic (exact) mass is 388 g/mol. The molecule has 0 aromatic heterocycles. The lowest BCUT2D eigenvalue weighted by Gasteiger charge is -2.08. The first kappa shape index (κ1) is 20.0. The summed E-state index contributed by atoms with van der Waals surface area (Å²) in [6.45, 7) is 1.91. The van der Waals surface area contributed by atoms with Gasteiger partial charge in [0.1, 0.15) is 5.75 Å². The van der Waals surface area contributed by atoms with Gasteiger partial charge in [-0.3, -0.25) is 4.79 Å². The second-order valence-corrected chi connectivity index (χ2v) is 6.38. The fraction of sp³-hybridized carbons (Fsp3) is 0.0870. The lowest BCUT2D eigenvalue weighted by Crippen LogP contribution is -2.25. The van der Waals surface area contributed by atoms with Crippen LogP contribution in [-0.2, 0) is 4.79 Å². The molecule has 2 N–H and O–H groups in total. The fourth-order valence-corrected chi connectivity index (χ4v) is 2.58. The van der Waals surface area contributed by atoms with Crippen molar-refractivity contribution in [1.29, 1.82) is 0 Å². The average molecular weight is 388 g/mol. The van der Waals surface area contributed by atoms with Gasteiger partial charge in [-0.25, -0.2) is 10.2 Å². The zero-order chi connectivity index (χ0) is 20.6. The topological polar surface area (TPSA) is 88.0 Å². The maximum Gasteiger partial charge on any atom is 0.343 e. The van der Waals surface area contributed by atoms with E-state index in [1.807, 2.05) is 13.0 Å². The largest absolute Gasteiger partial charge is 0.423 e. The third-order valence-electron chi connectivity index (χ3n) is 4.10. The van der Waals surface area contributed by atoms with Crippen molar-refractivity contribution in [2.24, 2.45) is 5.10 Å². The second kappa shape index (κ2) is 9.43. The number of aryl methyl sites for hydroxylation is 1. The Morgan fingerprint density at radius 3 is 2.41 bits per heavy atom. The lowest BCUT2D eigenvalue weighted by atomic mass is 10.1. The van der Waals surface area contributed by atoms with Crippen LogP contribution in [0.2, 0.25) is 0 Å². The van der Waals surface area contributed by atoms with Crippen molar-refractivity contribution in [1.82, 2.24) is 5.43 Å². The number of nitrogens with one attached hydrogen (secondary N) is 1. The number of aliphatic hydroxyl groups excluding tert-OH is 1. The van der Waals surface area contributed by atoms with Crippen molar-refractivity contribution < 1.29 is 19.4 Å². The quantitative estimate of drug-likeness (QED) is 0.293. The minimum Gasteiger partial charge on any atom is -0.423 e. The number of carbonyl (C=O) groups is 2. The summed E-state index contributed by atoms with van der Waals surface area (Å²) in [6, 6.07) is 22.4. The van der Waals surface area contributed by atoms with Crippen LogP contribution >= 0.6 is 0 Å². The number of hydrogen-bond acceptors (Lipinski definition) is 5. The molecule has 0 fully saturated rings. The number of benzene rings is 3. The maximum absolute atomic E-state index is 12.2. The van der Waals surface area contributed by atoms with E-state index in [4.69, 9.17) is 4.74 Å². The minimum atomic E-state index is -1.29. The summed E-state index contributed by atoms with van der Waals surface area (Å²) in [5.41, 5.74) is 4.93. The van der Waals surface area contributed by atoms with Crippen LogP contribution in [0.25, 0.3) is 0 Å². The normalized spacial score (nSPS) is 11.8. The van der Waals surface area contributed by atoms with E-state index in [1.165, 1.54) is 6.21 Å². The third kappa shape index (κ3) is 5.60. The Balaban J connectivity index is 1.55. The number of carbonyl (C=O) groups excluding carboxylic acids is 2. The Hall–Kier alpha value is -3.77. The van der Waals surface area contributed by atoms with Gasteiger partial charge in [0.25, 0.3) is 5.91 Å². The summed E-state index contributed by atoms with van der Waals surface area (Å²) < 4.78 is 5.35. The predicted octanol–water partition coefficient (Wildman–Crippen LogP) is 3.40. The molecule has 1 atom stereocenters. The van der Waals surface area contributed by atoms with Crippen molar-refractivity contribution in [3.05, 3.63) is 101 Å². The molecular formula is C23H20N2O4. The van der Waals surface area contributed by atoms with E-state index in [9.17, 15) is 14.7 Å². The van der Waals surface area contributed by atoms with Gasteiger partial charge in [0, 0.05) is 0 Å². The predicted molar refractivity (Wildman–Crippen MR) is 110 cm³/mol. The van der Waals surface area contributed by atoms with E-state index in [-0.39, 0.29) is 0 Å². The van der Waals surface area contributed by atoms with Crippen LogP contribution in [0.5, 0.6) is 5.75 Å². The Morgan fingerprint density at radius 2 is 1.72 bits per heavy atom. The molecule has 0 aliphatic rings. The van der Waals surface area contributed by atoms with E-state index in [0.29, 0.717) is 22.4 Å². The molecule has 29 heavy (non-hydrogen) atoms. The molecule has 6 nitrogen and oxygen atoms in total. The molecule has 0 saturated heterocycles. The molecule has 1 amide bonds. The molecule has 3 aromatic rings. The van der Waals surface area contributed by atoms with E-state index < -0.39 is 18.0 Å². The highest BCUT2D eigenvalue weighted by Crippen LogP contribution is 2.15. The Labute approximate surface area is 168 Å². The summed E-state index contributed by atoms with van der Waals surface area (Å²) in [7, 11) is 0. The van der Waals surface area contributed by atoms with Crippen LogP contribution in [0.1, 0.15) is 33.2 Å². The molecule has 6 heteroatoms. The first-order valence-corrected chi connectivity index (χ1v) is 8.98. The SMILES string of the molecule is Cc1cccc(C(=O)Oc2ccc(/C=N\NC(=O)[C@@H](O)c3ccccc3)cc2)c1. The van der Waals surface area contributed by atoms with Crippen LogP contribution in [0.4, 0.5) is 0 Å². The van der Waals surface area contributed by atoms with Gasteiger partial charge in [-0.2, -0.15) is 5.10 Å². The fourth-order valence-electron chi connectivity index (χ4n) is 2.58. The van der Waals surface area contributed by atoms with Gasteiger partial charge in [-0.05, 0) is 54.4 Å². The molecule has 0 heterocycles. The molecule has 3 rings (SSSR count). The number of esters is 1. The third-order valence-corrected chi connectivity index (χ3v) is 4.10. The number of hydrazone groups is 1. The van der Waals surface area contributed by atoms with Gasteiger partial charge >= 0.3 is 5.97 Å². The number of rotatable bonds is 6. The summed E-state index contributed by atoms with van der Waals surface area (Å²) in [4.78, 5) is 24.1. The molecule has 0 saturated carbocycles. The van der Waals surface area contributed by atoms with E-state index >= 15 is 0 Å². The van der Waals surface area contributed by atoms with Gasteiger partial charge in [0.05, 0.1) is 11.8 Å². The van der Waals surface area contributed by atoms with E-state index in [1.54, 1.807) is 72.8 Å². The van der Waals surface area contributed by atoms with Gasteiger partial charge in [-0.15, -0.1) is 0 Å². The van der Waals surface area contributed by atoms with Crippen LogP contribution in [0.3, 0.4) is 0 Å². The molecule has 0 aliphatic heterocycles. The van der Waals surface area contributed by atoms with E-state index in [2.05, 4.69) is 10.5 Å². The van der Waals surface area contributed by atoms with Crippen LogP contribution in [0, 0.1) is 6.92 Å². The minimum absolute atomic E-state index is 0.400. The van der Waals surface area contributed by atoms with Crippen molar-refractivity contribution in [3.63, 3.8) is 0 Å². The van der Waals surface area contributed by atoms with Crippen LogP contribution in [-0.4, -0.2) is 23.2 Å². The zero-order valence-corrected chi connectivity index (χ0v) is 15.8. The summed E-state index contributed by atoms with van der Waals surface area (Å²) in [5, 5.41) is 13.8. The van der Waals surface area contributed by atoms with Crippen LogP contribution < -0.4 is 10.2 Å². The zero-order valence-electron chi connectivity index (χ0n) is 15.8. The highest BCUT2D eigenvalue weighted by molar-refractivity contribution is 5.91. The molecular weight excluding hydrogens is 368 g/mol. The Morgan fingerprint density at radius 1 is 1.00 bits per heavy atom. The molecule has 146 valence electrons. The van der Waals surface area contributed by atoms with E-state index in [0.717, 1.165) is 5.56 Å². The molecule has 0 unspecified atom stereocenters. The number of amides is 1. The lowest BCUT2D eigenvalue weighted by molar-refractivity contribution is -0.129. The molecule has 3 aromatic carbocycles. The average Bonchev–Trinajstić information content (AvgIpc) is 2.75.